The molecule has 0 spiro atoms. The van der Waals surface area contributed by atoms with Gasteiger partial charge in [-0.05, 0) is 54.0 Å². The van der Waals surface area contributed by atoms with E-state index in [1.54, 1.807) is 0 Å². The van der Waals surface area contributed by atoms with Crippen molar-refractivity contribution in [3.05, 3.63) is 28.8 Å². The molecule has 1 heterocycles. The van der Waals surface area contributed by atoms with Crippen molar-refractivity contribution in [3.63, 3.8) is 0 Å². The second-order valence-electron chi connectivity index (χ2n) is 6.97. The van der Waals surface area contributed by atoms with Gasteiger partial charge in [0.2, 0.25) is 0 Å². The molecule has 120 valence electrons. The highest BCUT2D eigenvalue weighted by molar-refractivity contribution is 6.07. The lowest BCUT2D eigenvalue weighted by Crippen LogP contribution is -2.28. The Morgan fingerprint density at radius 3 is 2.91 bits per heavy atom. The molecule has 0 saturated carbocycles. The molecule has 2 aromatic rings. The largest absolute Gasteiger partial charge is 0.295 e. The molecule has 0 aliphatic heterocycles. The van der Waals surface area contributed by atoms with Crippen LogP contribution in [-0.4, -0.2) is 21.2 Å². The van der Waals surface area contributed by atoms with Gasteiger partial charge >= 0.3 is 0 Å². The topological polar surface area (TPSA) is 58.6 Å². The molecule has 2 aliphatic carbocycles. The number of hydrogen-bond donors (Lipinski definition) is 1. The summed E-state index contributed by atoms with van der Waals surface area (Å²) in [6.07, 6.45) is 7.11. The molecule has 4 rings (SSSR count). The van der Waals surface area contributed by atoms with Crippen LogP contribution in [0, 0.1) is 5.41 Å². The summed E-state index contributed by atoms with van der Waals surface area (Å²) in [5.41, 5.74) is 7.01. The van der Waals surface area contributed by atoms with E-state index in [2.05, 4.69) is 35.3 Å². The number of hydrogen-bond acceptors (Lipinski definition) is 3. The number of aromatic nitrogens is 3. The third kappa shape index (κ3) is 2.00. The predicted molar refractivity (Wildman–Crippen MR) is 91.0 cm³/mol. The van der Waals surface area contributed by atoms with Crippen LogP contribution in [0.15, 0.2) is 17.7 Å². The molecule has 1 aromatic carbocycles. The number of ketones is 1. The molecule has 0 radical (unpaired) electrons. The Balaban J connectivity index is 1.97. The predicted octanol–water partition coefficient (Wildman–Crippen LogP) is 4.22. The Labute approximate surface area is 136 Å². The van der Waals surface area contributed by atoms with Crippen LogP contribution in [0.2, 0.25) is 0 Å². The average molecular weight is 309 g/mol. The van der Waals surface area contributed by atoms with E-state index in [1.807, 2.05) is 6.07 Å². The average Bonchev–Trinajstić information content (AvgIpc) is 3.15. The molecule has 23 heavy (non-hydrogen) atoms. The van der Waals surface area contributed by atoms with Gasteiger partial charge in [0.25, 0.3) is 0 Å². The fourth-order valence-electron chi connectivity index (χ4n) is 4.66. The molecule has 1 unspecified atom stereocenters. The Kier molecular flexibility index (Phi) is 3.36. The second kappa shape index (κ2) is 5.29. The van der Waals surface area contributed by atoms with E-state index >= 15 is 0 Å². The molecule has 0 fully saturated rings. The zero-order chi connectivity index (χ0) is 16.0. The maximum absolute atomic E-state index is 12.5. The number of aromatic amines is 1. The number of H-pyrrole nitrogens is 1. The lowest BCUT2D eigenvalue weighted by molar-refractivity contribution is -0.116. The first-order valence-electron chi connectivity index (χ1n) is 8.79. The Morgan fingerprint density at radius 2 is 2.13 bits per heavy atom. The van der Waals surface area contributed by atoms with Crippen molar-refractivity contribution in [1.29, 1.82) is 0 Å². The molecule has 1 aromatic heterocycles. The number of carbonyl (C=O) groups is 1. The van der Waals surface area contributed by atoms with Crippen molar-refractivity contribution >= 4 is 22.4 Å². The van der Waals surface area contributed by atoms with Crippen molar-refractivity contribution in [2.45, 2.75) is 58.8 Å². The van der Waals surface area contributed by atoms with Crippen LogP contribution in [0.4, 0.5) is 0 Å². The lowest BCUT2D eigenvalue weighted by atomic mass is 9.67. The van der Waals surface area contributed by atoms with Gasteiger partial charge in [-0.2, -0.15) is 15.4 Å². The van der Waals surface area contributed by atoms with Crippen LogP contribution >= 0.6 is 0 Å². The number of allylic oxidation sites excluding steroid dienone is 2. The molecule has 4 nitrogen and oxygen atoms in total. The molecular formula is C19H23N3O. The number of fused-ring (bicyclic) bond motifs is 5. The lowest BCUT2D eigenvalue weighted by Gasteiger charge is -2.36. The van der Waals surface area contributed by atoms with Gasteiger partial charge in [-0.15, -0.1) is 0 Å². The van der Waals surface area contributed by atoms with E-state index < -0.39 is 0 Å². The summed E-state index contributed by atoms with van der Waals surface area (Å²) in [5.74, 6) is 0.350. The molecule has 1 atom stereocenters. The second-order valence-corrected chi connectivity index (χ2v) is 6.97. The maximum Gasteiger partial charge on any atom is 0.159 e. The third-order valence-corrected chi connectivity index (χ3v) is 5.74. The standard InChI is InChI=1S/C19H23N3O/c1-3-5-9-19-10-8-16(23)12(4-2)17(19)13-6-7-15-18(14(13)11-19)21-22-20-15/h6-7H,3-5,8-11H2,1-2H3,(H,20,21,22). The highest BCUT2D eigenvalue weighted by Crippen LogP contribution is 2.57. The van der Waals surface area contributed by atoms with Crippen LogP contribution in [-0.2, 0) is 11.2 Å². The van der Waals surface area contributed by atoms with Crippen molar-refractivity contribution in [1.82, 2.24) is 15.4 Å². The van der Waals surface area contributed by atoms with E-state index in [4.69, 9.17) is 0 Å². The quantitative estimate of drug-likeness (QED) is 0.920. The number of rotatable bonds is 4. The van der Waals surface area contributed by atoms with Gasteiger partial charge in [-0.25, -0.2) is 0 Å². The Bertz CT molecular complexity index is 817. The van der Waals surface area contributed by atoms with Crippen LogP contribution in [0.1, 0.15) is 63.5 Å². The van der Waals surface area contributed by atoms with Gasteiger partial charge in [0.15, 0.2) is 5.78 Å². The number of nitrogens with one attached hydrogen (secondary N) is 1. The molecule has 1 N–H and O–H groups in total. The first-order chi connectivity index (χ1) is 11.2. The molecule has 0 bridgehead atoms. The summed E-state index contributed by atoms with van der Waals surface area (Å²) >= 11 is 0. The van der Waals surface area contributed by atoms with E-state index in [9.17, 15) is 4.79 Å². The first-order valence-corrected chi connectivity index (χ1v) is 8.79. The van der Waals surface area contributed by atoms with Gasteiger partial charge in [-0.1, -0.05) is 32.8 Å². The summed E-state index contributed by atoms with van der Waals surface area (Å²) in [7, 11) is 0. The highest BCUT2D eigenvalue weighted by Gasteiger charge is 2.46. The number of nitrogens with zero attached hydrogens (tertiary/aromatic N) is 2. The van der Waals surface area contributed by atoms with E-state index in [-0.39, 0.29) is 5.41 Å². The van der Waals surface area contributed by atoms with Crippen LogP contribution in [0.25, 0.3) is 16.6 Å². The molecular weight excluding hydrogens is 286 g/mol. The Morgan fingerprint density at radius 1 is 1.26 bits per heavy atom. The number of unbranched alkanes of at least 4 members (excludes halogenated alkanes) is 1. The maximum atomic E-state index is 12.5. The van der Waals surface area contributed by atoms with Crippen LogP contribution in [0.5, 0.6) is 0 Å². The van der Waals surface area contributed by atoms with Crippen molar-refractivity contribution in [3.8, 4) is 0 Å². The highest BCUT2D eigenvalue weighted by atomic mass is 16.1. The smallest absolute Gasteiger partial charge is 0.159 e. The minimum absolute atomic E-state index is 0.144. The monoisotopic (exact) mass is 309 g/mol. The van der Waals surface area contributed by atoms with E-state index in [0.29, 0.717) is 12.2 Å². The molecule has 2 aliphatic rings. The van der Waals surface area contributed by atoms with Crippen LogP contribution < -0.4 is 0 Å². The van der Waals surface area contributed by atoms with Gasteiger partial charge in [-0.3, -0.25) is 4.79 Å². The zero-order valence-electron chi connectivity index (χ0n) is 13.9. The van der Waals surface area contributed by atoms with Crippen molar-refractivity contribution in [2.75, 3.05) is 0 Å². The summed E-state index contributed by atoms with van der Waals surface area (Å²) < 4.78 is 0. The number of Topliss-reactive ketones (excluding diaryl/α,β-unsaturated/α-hetero) is 1. The minimum atomic E-state index is 0.144. The molecule has 0 amide bonds. The van der Waals surface area contributed by atoms with E-state index in [1.165, 1.54) is 36.0 Å². The van der Waals surface area contributed by atoms with Crippen molar-refractivity contribution in [2.24, 2.45) is 5.41 Å². The molecule has 0 saturated heterocycles. The van der Waals surface area contributed by atoms with E-state index in [0.717, 1.165) is 35.9 Å². The summed E-state index contributed by atoms with van der Waals surface area (Å²) in [6.45, 7) is 4.36. The van der Waals surface area contributed by atoms with Gasteiger partial charge in [0.05, 0.1) is 0 Å². The van der Waals surface area contributed by atoms with Crippen LogP contribution in [0.3, 0.4) is 0 Å². The minimum Gasteiger partial charge on any atom is -0.295 e. The fraction of sp³-hybridized carbons (Fsp3) is 0.526. The Hall–Kier alpha value is -1.97. The summed E-state index contributed by atoms with van der Waals surface area (Å²) in [4.78, 5) is 12.5. The number of carbonyl (C=O) groups excluding carboxylic acids is 1. The SMILES string of the molecule is CCCCC12CCC(=O)C(CC)=C1c1ccc3n[nH]nc3c1C2. The number of benzene rings is 1. The zero-order valence-corrected chi connectivity index (χ0v) is 13.9. The van der Waals surface area contributed by atoms with Crippen molar-refractivity contribution < 1.29 is 4.79 Å². The third-order valence-electron chi connectivity index (χ3n) is 5.74. The van der Waals surface area contributed by atoms with Gasteiger partial charge in [0, 0.05) is 11.8 Å². The normalized spacial score (nSPS) is 23.5. The van der Waals surface area contributed by atoms with Gasteiger partial charge < -0.3 is 0 Å². The molecule has 4 heteroatoms. The summed E-state index contributed by atoms with van der Waals surface area (Å²) in [5, 5.41) is 11.4. The van der Waals surface area contributed by atoms with Gasteiger partial charge in [0.1, 0.15) is 11.0 Å². The fourth-order valence-corrected chi connectivity index (χ4v) is 4.66. The summed E-state index contributed by atoms with van der Waals surface area (Å²) in [6, 6.07) is 4.20. The first kappa shape index (κ1) is 14.6.